The summed E-state index contributed by atoms with van der Waals surface area (Å²) in [6.45, 7) is 3.56. The lowest BCUT2D eigenvalue weighted by molar-refractivity contribution is -0.141. The van der Waals surface area contributed by atoms with Gasteiger partial charge in [-0.1, -0.05) is 69.4 Å². The Hall–Kier alpha value is -3.45. The maximum atomic E-state index is 15.1. The minimum absolute atomic E-state index is 0.125. The van der Waals surface area contributed by atoms with Crippen LogP contribution in [0.3, 0.4) is 0 Å². The first-order valence-electron chi connectivity index (χ1n) is 16.4. The molecule has 2 aromatic carbocycles. The third-order valence-corrected chi connectivity index (χ3v) is 10.1. The van der Waals surface area contributed by atoms with Gasteiger partial charge in [0, 0.05) is 23.7 Å². The van der Waals surface area contributed by atoms with Gasteiger partial charge in [0.15, 0.2) is 0 Å². The second-order valence-corrected chi connectivity index (χ2v) is 13.2. The second kappa shape index (κ2) is 13.3. The minimum Gasteiger partial charge on any atom is -0.485 e. The fourth-order valence-electron chi connectivity index (χ4n) is 6.73. The van der Waals surface area contributed by atoms with E-state index in [1.54, 1.807) is 20.1 Å². The van der Waals surface area contributed by atoms with Crippen LogP contribution in [0.4, 0.5) is 4.39 Å². The van der Waals surface area contributed by atoms with E-state index in [1.165, 1.54) is 64.0 Å². The highest BCUT2D eigenvalue weighted by Gasteiger charge is 2.48. The summed E-state index contributed by atoms with van der Waals surface area (Å²) in [6.07, 6.45) is 15.5. The summed E-state index contributed by atoms with van der Waals surface area (Å²) in [6, 6.07) is 14.0. The number of ether oxygens (including phenoxy) is 2. The number of fused-ring (bicyclic) bond motifs is 1. The molecule has 7 heteroatoms. The molecule has 2 aliphatic carbocycles. The fraction of sp³-hybridized carbons (Fsp3) is 0.514. The van der Waals surface area contributed by atoms with Crippen LogP contribution in [0.5, 0.6) is 11.6 Å². The molecule has 1 saturated heterocycles. The normalized spacial score (nSPS) is 20.8. The maximum Gasteiger partial charge on any atom is 0.306 e. The molecule has 44 heavy (non-hydrogen) atoms. The summed E-state index contributed by atoms with van der Waals surface area (Å²) in [5, 5.41) is 9.33. The summed E-state index contributed by atoms with van der Waals surface area (Å²) >= 11 is 0. The van der Waals surface area contributed by atoms with Crippen molar-refractivity contribution in [3.05, 3.63) is 76.7 Å². The molecule has 2 unspecified atom stereocenters. The minimum atomic E-state index is -0.797. The van der Waals surface area contributed by atoms with Gasteiger partial charge < -0.3 is 14.6 Å². The zero-order valence-electron chi connectivity index (χ0n) is 26.1. The molecule has 7 rings (SSSR count). The van der Waals surface area contributed by atoms with Crippen molar-refractivity contribution in [3.63, 3.8) is 0 Å². The van der Waals surface area contributed by atoms with E-state index in [0.717, 1.165) is 59.5 Å². The standard InChI is InChI=1S/C33H37FN2O4.C4H8/c1-21(32(37)38)15-22-5-6-23-8-10-29(40-30(23)16-22)24-7-9-26(27-18-31(39-2)35-19-28(27)34)25(17-24)20-36-14-4-3-11-33(36)12-13-33;1-2-4-3-1/h5-7,9,16-19,21,29H,3-4,8,10-15,20H2,1-2H3,(H,37,38);1-4H2. The molecular weight excluding hydrogens is 555 g/mol. The number of likely N-dealkylation sites (tertiary alicyclic amines) is 1. The molecule has 234 valence electrons. The van der Waals surface area contributed by atoms with Crippen molar-refractivity contribution in [3.8, 4) is 22.8 Å². The number of halogens is 1. The van der Waals surface area contributed by atoms with E-state index >= 15 is 4.39 Å². The van der Waals surface area contributed by atoms with Crippen LogP contribution in [0.25, 0.3) is 11.1 Å². The molecule has 1 N–H and O–H groups in total. The van der Waals surface area contributed by atoms with Crippen LogP contribution in [0.1, 0.15) is 99.5 Å². The van der Waals surface area contributed by atoms with E-state index in [4.69, 9.17) is 9.47 Å². The molecule has 2 saturated carbocycles. The van der Waals surface area contributed by atoms with Crippen molar-refractivity contribution >= 4 is 5.97 Å². The Kier molecular flexibility index (Phi) is 9.22. The number of hydrogen-bond donors (Lipinski definition) is 1. The van der Waals surface area contributed by atoms with Crippen LogP contribution in [0.2, 0.25) is 0 Å². The number of aromatic nitrogens is 1. The van der Waals surface area contributed by atoms with Gasteiger partial charge in [0.05, 0.1) is 19.2 Å². The van der Waals surface area contributed by atoms with Crippen molar-refractivity contribution in [2.45, 2.75) is 102 Å². The lowest BCUT2D eigenvalue weighted by atomic mass is 9.90. The number of benzene rings is 2. The average molecular weight is 601 g/mol. The Morgan fingerprint density at radius 1 is 1.07 bits per heavy atom. The van der Waals surface area contributed by atoms with Crippen molar-refractivity contribution < 1.29 is 23.8 Å². The van der Waals surface area contributed by atoms with Gasteiger partial charge in [0.1, 0.15) is 17.7 Å². The van der Waals surface area contributed by atoms with Crippen LogP contribution in [-0.2, 0) is 24.2 Å². The molecule has 0 radical (unpaired) electrons. The van der Waals surface area contributed by atoms with Crippen LogP contribution < -0.4 is 9.47 Å². The molecule has 0 amide bonds. The van der Waals surface area contributed by atoms with Crippen molar-refractivity contribution in [2.75, 3.05) is 13.7 Å². The summed E-state index contributed by atoms with van der Waals surface area (Å²) < 4.78 is 27.0. The number of aliphatic carboxylic acids is 1. The quantitative estimate of drug-likeness (QED) is 0.280. The summed E-state index contributed by atoms with van der Waals surface area (Å²) in [5.74, 6) is -0.392. The van der Waals surface area contributed by atoms with Crippen molar-refractivity contribution in [1.29, 1.82) is 0 Å². The van der Waals surface area contributed by atoms with Crippen LogP contribution in [-0.4, -0.2) is 40.2 Å². The Labute approximate surface area is 260 Å². The Bertz CT molecular complexity index is 1480. The van der Waals surface area contributed by atoms with Gasteiger partial charge in [-0.05, 0) is 85.4 Å². The van der Waals surface area contributed by atoms with E-state index in [-0.39, 0.29) is 11.9 Å². The molecule has 6 nitrogen and oxygen atoms in total. The first kappa shape index (κ1) is 30.6. The molecule has 2 atom stereocenters. The number of rotatable bonds is 8. The lowest BCUT2D eigenvalue weighted by Gasteiger charge is -2.37. The van der Waals surface area contributed by atoms with E-state index in [1.807, 2.05) is 18.2 Å². The molecule has 3 fully saturated rings. The number of carbonyl (C=O) groups is 1. The molecule has 2 aliphatic heterocycles. The van der Waals surface area contributed by atoms with Gasteiger partial charge in [-0.15, -0.1) is 0 Å². The molecule has 0 bridgehead atoms. The number of methoxy groups -OCH3 is 1. The number of hydrogen-bond acceptors (Lipinski definition) is 5. The van der Waals surface area contributed by atoms with E-state index in [0.29, 0.717) is 23.4 Å². The Morgan fingerprint density at radius 2 is 1.86 bits per heavy atom. The van der Waals surface area contributed by atoms with Gasteiger partial charge in [-0.2, -0.15) is 0 Å². The zero-order valence-corrected chi connectivity index (χ0v) is 26.1. The van der Waals surface area contributed by atoms with E-state index < -0.39 is 11.9 Å². The zero-order chi connectivity index (χ0) is 30.7. The van der Waals surface area contributed by atoms with E-state index in [2.05, 4.69) is 28.1 Å². The molecular formula is C37H45FN2O4. The molecule has 1 spiro atoms. The number of carboxylic acids is 1. The first-order chi connectivity index (χ1) is 21.3. The predicted molar refractivity (Wildman–Crippen MR) is 170 cm³/mol. The molecule has 1 aromatic heterocycles. The third-order valence-electron chi connectivity index (χ3n) is 10.1. The van der Waals surface area contributed by atoms with Crippen LogP contribution in [0, 0.1) is 11.7 Å². The number of pyridine rings is 1. The lowest BCUT2D eigenvalue weighted by Crippen LogP contribution is -2.40. The summed E-state index contributed by atoms with van der Waals surface area (Å²) in [5.41, 5.74) is 5.96. The highest BCUT2D eigenvalue weighted by molar-refractivity contribution is 5.70. The molecule has 3 aromatic rings. The molecule has 3 heterocycles. The largest absolute Gasteiger partial charge is 0.485 e. The highest BCUT2D eigenvalue weighted by atomic mass is 19.1. The number of aryl methyl sites for hydroxylation is 1. The summed E-state index contributed by atoms with van der Waals surface area (Å²) in [7, 11) is 1.55. The highest BCUT2D eigenvalue weighted by Crippen LogP contribution is 2.49. The monoisotopic (exact) mass is 600 g/mol. The number of nitrogens with zero attached hydrogens (tertiary/aromatic N) is 2. The molecule has 4 aliphatic rings. The van der Waals surface area contributed by atoms with E-state index in [9.17, 15) is 9.90 Å². The van der Waals surface area contributed by atoms with Gasteiger partial charge in [-0.3, -0.25) is 9.69 Å². The predicted octanol–water partition coefficient (Wildman–Crippen LogP) is 8.30. The smallest absolute Gasteiger partial charge is 0.306 e. The van der Waals surface area contributed by atoms with Gasteiger partial charge in [0.2, 0.25) is 5.88 Å². The summed E-state index contributed by atoms with van der Waals surface area (Å²) in [4.78, 5) is 18.0. The van der Waals surface area contributed by atoms with Crippen molar-refractivity contribution in [1.82, 2.24) is 9.88 Å². The van der Waals surface area contributed by atoms with Gasteiger partial charge in [0.25, 0.3) is 0 Å². The second-order valence-electron chi connectivity index (χ2n) is 13.2. The van der Waals surface area contributed by atoms with Crippen molar-refractivity contribution in [2.24, 2.45) is 5.92 Å². The number of carboxylic acid groups (broad SMARTS) is 1. The fourth-order valence-corrected chi connectivity index (χ4v) is 6.73. The van der Waals surface area contributed by atoms with Crippen LogP contribution >= 0.6 is 0 Å². The first-order valence-corrected chi connectivity index (χ1v) is 16.4. The van der Waals surface area contributed by atoms with Crippen LogP contribution in [0.15, 0.2) is 48.7 Å². The number of piperidine rings is 1. The maximum absolute atomic E-state index is 15.1. The third kappa shape index (κ3) is 6.78. The Morgan fingerprint density at radius 3 is 2.57 bits per heavy atom. The topological polar surface area (TPSA) is 71.9 Å². The van der Waals surface area contributed by atoms with Gasteiger partial charge in [-0.25, -0.2) is 9.37 Å². The SMILES string of the molecule is C1CCC1.COc1cc(-c2ccc(C3CCc4ccc(CC(C)C(=O)O)cc4O3)cc2CN2CCCCC23CC3)c(F)cn1. The van der Waals surface area contributed by atoms with Gasteiger partial charge >= 0.3 is 5.97 Å². The average Bonchev–Trinajstić information content (AvgIpc) is 3.77. The Balaban J connectivity index is 0.000000794.